The first-order chi connectivity index (χ1) is 16.6. The zero-order valence-corrected chi connectivity index (χ0v) is 20.1. The van der Waals surface area contributed by atoms with Gasteiger partial charge in [-0.15, -0.1) is 0 Å². The molecule has 0 bridgehead atoms. The molecular weight excluding hydrogens is 430 g/mol. The Morgan fingerprint density at radius 2 is 1.79 bits per heavy atom. The second-order valence-electron chi connectivity index (χ2n) is 9.16. The lowest BCUT2D eigenvalue weighted by Crippen LogP contribution is -2.46. The van der Waals surface area contributed by atoms with Gasteiger partial charge in [0.2, 0.25) is 5.91 Å². The molecule has 0 spiro atoms. The smallest absolute Gasteiger partial charge is 0.228 e. The number of anilines is 1. The third-order valence-corrected chi connectivity index (χ3v) is 7.15. The molecule has 2 fully saturated rings. The van der Waals surface area contributed by atoms with Gasteiger partial charge in [-0.05, 0) is 43.1 Å². The lowest BCUT2D eigenvalue weighted by Gasteiger charge is -2.34. The Balaban J connectivity index is 1.25. The molecule has 1 saturated carbocycles. The number of H-pyrrole nitrogens is 1. The van der Waals surface area contributed by atoms with E-state index in [0.717, 1.165) is 73.7 Å². The molecule has 3 heterocycles. The van der Waals surface area contributed by atoms with Gasteiger partial charge in [-0.2, -0.15) is 0 Å². The van der Waals surface area contributed by atoms with Crippen LogP contribution >= 0.6 is 0 Å². The first-order valence-electron chi connectivity index (χ1n) is 12.1. The molecule has 34 heavy (non-hydrogen) atoms. The topological polar surface area (TPSA) is 82.7 Å². The minimum Gasteiger partial charge on any atom is -0.496 e. The van der Waals surface area contributed by atoms with Crippen LogP contribution in [0.15, 0.2) is 36.5 Å². The van der Waals surface area contributed by atoms with E-state index in [9.17, 15) is 4.79 Å². The monoisotopic (exact) mass is 463 g/mol. The Kier molecular flexibility index (Phi) is 6.43. The number of nitrogens with zero attached hydrogens (tertiary/aromatic N) is 3. The third-order valence-electron chi connectivity index (χ3n) is 7.15. The fraction of sp³-hybridized carbons (Fsp3) is 0.462. The number of aromatic amines is 1. The Bertz CT molecular complexity index is 1150. The van der Waals surface area contributed by atoms with Crippen LogP contribution < -0.4 is 14.8 Å². The van der Waals surface area contributed by atoms with Crippen molar-refractivity contribution < 1.29 is 14.3 Å². The predicted molar refractivity (Wildman–Crippen MR) is 133 cm³/mol. The lowest BCUT2D eigenvalue weighted by atomic mass is 10.0. The molecule has 1 amide bonds. The van der Waals surface area contributed by atoms with Crippen molar-refractivity contribution in [3.05, 3.63) is 36.5 Å². The largest absolute Gasteiger partial charge is 0.496 e. The van der Waals surface area contributed by atoms with Gasteiger partial charge in [0.1, 0.15) is 23.0 Å². The number of hydrogen-bond donors (Lipinski definition) is 2. The van der Waals surface area contributed by atoms with Crippen LogP contribution in [0.5, 0.6) is 11.5 Å². The van der Waals surface area contributed by atoms with Gasteiger partial charge in [-0.3, -0.25) is 4.79 Å². The van der Waals surface area contributed by atoms with Gasteiger partial charge in [0.25, 0.3) is 0 Å². The molecular formula is C26H33N5O3. The van der Waals surface area contributed by atoms with Crippen LogP contribution in [0.25, 0.3) is 22.2 Å². The Morgan fingerprint density at radius 1 is 1.09 bits per heavy atom. The summed E-state index contributed by atoms with van der Waals surface area (Å²) in [5.74, 6) is 2.63. The summed E-state index contributed by atoms with van der Waals surface area (Å²) in [5, 5.41) is 3.97. The number of nitrogens with one attached hydrogen (secondary N) is 2. The van der Waals surface area contributed by atoms with Gasteiger partial charge in [0, 0.05) is 55.8 Å². The molecule has 2 atom stereocenters. The molecule has 8 nitrogen and oxygen atoms in total. The fourth-order valence-electron chi connectivity index (χ4n) is 5.01. The number of rotatable bonds is 8. The lowest BCUT2D eigenvalue weighted by molar-refractivity contribution is -0.117. The quantitative estimate of drug-likeness (QED) is 0.532. The van der Waals surface area contributed by atoms with Gasteiger partial charge in [0.05, 0.1) is 19.8 Å². The van der Waals surface area contributed by atoms with E-state index in [1.165, 1.54) is 0 Å². The van der Waals surface area contributed by atoms with E-state index in [0.29, 0.717) is 17.4 Å². The summed E-state index contributed by atoms with van der Waals surface area (Å²) >= 11 is 0. The van der Waals surface area contributed by atoms with Crippen molar-refractivity contribution >= 4 is 22.8 Å². The molecule has 180 valence electrons. The number of benzene rings is 1. The second kappa shape index (κ2) is 9.64. The first-order valence-corrected chi connectivity index (χ1v) is 12.1. The highest BCUT2D eigenvalue weighted by Gasteiger charge is 2.44. The highest BCUT2D eigenvalue weighted by molar-refractivity contribution is 5.99. The van der Waals surface area contributed by atoms with Crippen LogP contribution in [0.3, 0.4) is 0 Å². The first kappa shape index (κ1) is 22.7. The normalized spacial score (nSPS) is 20.9. The van der Waals surface area contributed by atoms with Crippen molar-refractivity contribution in [1.82, 2.24) is 19.8 Å². The molecule has 0 radical (unpaired) electrons. The maximum absolute atomic E-state index is 12.8. The van der Waals surface area contributed by atoms with Crippen LogP contribution in [-0.4, -0.2) is 79.2 Å². The fourth-order valence-corrected chi connectivity index (χ4v) is 5.01. The summed E-state index contributed by atoms with van der Waals surface area (Å²) in [5.41, 5.74) is 2.53. The predicted octanol–water partition coefficient (Wildman–Crippen LogP) is 3.46. The van der Waals surface area contributed by atoms with Crippen molar-refractivity contribution in [2.24, 2.45) is 11.8 Å². The van der Waals surface area contributed by atoms with E-state index >= 15 is 0 Å². The van der Waals surface area contributed by atoms with Gasteiger partial charge in [-0.1, -0.05) is 13.0 Å². The Labute approximate surface area is 200 Å². The van der Waals surface area contributed by atoms with Gasteiger partial charge in [0.15, 0.2) is 0 Å². The molecule has 2 aliphatic rings. The summed E-state index contributed by atoms with van der Waals surface area (Å²) in [6.45, 7) is 8.81. The average Bonchev–Trinajstić information content (AvgIpc) is 3.52. The second-order valence-corrected chi connectivity index (χ2v) is 9.16. The van der Waals surface area contributed by atoms with Crippen molar-refractivity contribution in [2.45, 2.75) is 13.3 Å². The van der Waals surface area contributed by atoms with Crippen LogP contribution in [-0.2, 0) is 4.79 Å². The minimum atomic E-state index is 0.0715. The maximum atomic E-state index is 12.8. The van der Waals surface area contributed by atoms with Crippen LogP contribution in [0.1, 0.15) is 13.3 Å². The van der Waals surface area contributed by atoms with Crippen molar-refractivity contribution in [3.63, 3.8) is 0 Å². The number of fused-ring (bicyclic) bond motifs is 1. The number of hydrogen-bond acceptors (Lipinski definition) is 6. The Hall–Kier alpha value is -3.10. The minimum absolute atomic E-state index is 0.0715. The van der Waals surface area contributed by atoms with Crippen LogP contribution in [0.4, 0.5) is 5.82 Å². The summed E-state index contributed by atoms with van der Waals surface area (Å²) < 4.78 is 11.1. The van der Waals surface area contributed by atoms with Crippen molar-refractivity contribution in [1.29, 1.82) is 0 Å². The highest BCUT2D eigenvalue weighted by Crippen LogP contribution is 2.42. The van der Waals surface area contributed by atoms with E-state index < -0.39 is 0 Å². The number of aromatic nitrogens is 2. The number of likely N-dealkylation sites (N-methyl/N-ethyl adjacent to an activating group) is 1. The number of ether oxygens (including phenoxy) is 2. The molecule has 8 heteroatoms. The molecule has 3 aromatic rings. The number of carbonyl (C=O) groups excluding carboxylic acids is 1. The standard InChI is InChI=1S/C26H33N5O3/c1-4-30-10-12-31(13-11-30)16-17-14-19(17)26(32)29-23-9-8-18-20(15-27-25(18)28-23)24-21(33-2)6-5-7-22(24)34-3/h5-9,15,17,19H,4,10-14,16H2,1-3H3,(H2,27,28,29,32)/t17-,19+/m1/s1. The van der Waals surface area contributed by atoms with E-state index in [1.54, 1.807) is 14.2 Å². The number of piperazine rings is 1. The molecule has 0 unspecified atom stereocenters. The molecule has 1 saturated heterocycles. The van der Waals surface area contributed by atoms with Gasteiger partial charge >= 0.3 is 0 Å². The summed E-state index contributed by atoms with van der Waals surface area (Å²) in [6.07, 6.45) is 2.86. The van der Waals surface area contributed by atoms with Crippen LogP contribution in [0, 0.1) is 11.8 Å². The number of methoxy groups -OCH3 is 2. The van der Waals surface area contributed by atoms with E-state index in [1.807, 2.05) is 36.5 Å². The van der Waals surface area contributed by atoms with E-state index in [4.69, 9.17) is 9.47 Å². The molecule has 2 aromatic heterocycles. The zero-order valence-electron chi connectivity index (χ0n) is 20.1. The molecule has 1 aliphatic carbocycles. The highest BCUT2D eigenvalue weighted by atomic mass is 16.5. The van der Waals surface area contributed by atoms with Gasteiger partial charge in [-0.25, -0.2) is 4.98 Å². The average molecular weight is 464 g/mol. The molecule has 5 rings (SSSR count). The number of carbonyl (C=O) groups is 1. The SMILES string of the molecule is CCN1CCN(C[C@H]2C[C@@H]2C(=O)Nc2ccc3c(-c4c(OC)cccc4OC)c[nH]c3n2)CC1. The Morgan fingerprint density at radius 3 is 2.47 bits per heavy atom. The molecule has 2 N–H and O–H groups in total. The van der Waals surface area contributed by atoms with E-state index in [2.05, 4.69) is 32.0 Å². The third kappa shape index (κ3) is 4.48. The number of amides is 1. The number of pyridine rings is 1. The van der Waals surface area contributed by atoms with Gasteiger partial charge < -0.3 is 29.6 Å². The van der Waals surface area contributed by atoms with Crippen LogP contribution in [0.2, 0.25) is 0 Å². The zero-order chi connectivity index (χ0) is 23.7. The summed E-state index contributed by atoms with van der Waals surface area (Å²) in [4.78, 5) is 25.7. The van der Waals surface area contributed by atoms with Crippen molar-refractivity contribution in [3.8, 4) is 22.6 Å². The van der Waals surface area contributed by atoms with E-state index in [-0.39, 0.29) is 11.8 Å². The maximum Gasteiger partial charge on any atom is 0.228 e. The van der Waals surface area contributed by atoms with Crippen molar-refractivity contribution in [2.75, 3.05) is 58.8 Å². The molecule has 1 aromatic carbocycles. The summed E-state index contributed by atoms with van der Waals surface area (Å²) in [7, 11) is 3.30. The molecule has 1 aliphatic heterocycles. The summed E-state index contributed by atoms with van der Waals surface area (Å²) in [6, 6.07) is 9.56.